The standard InChI is InChI=1S/C23H23F3N4O5/c24-18-13-16(29-14-17(35-23(29)33)2-4-20(31)21(25)26)1-3-19(18)28-9-10-30(34-12-11-28)22(32)15-5-7-27-8-6-15/h1,3,5-8,13,17,21H,2,4,9-12,14H2/t17-/m0/s1. The first kappa shape index (κ1) is 24.5. The maximum absolute atomic E-state index is 15.0. The first-order chi connectivity index (χ1) is 16.8. The number of pyridine rings is 1. The average molecular weight is 492 g/mol. The normalized spacial score (nSPS) is 18.6. The van der Waals surface area contributed by atoms with Crippen LogP contribution in [0, 0.1) is 5.82 Å². The highest BCUT2D eigenvalue weighted by Crippen LogP contribution is 2.29. The first-order valence-electron chi connectivity index (χ1n) is 11.0. The quantitative estimate of drug-likeness (QED) is 0.587. The van der Waals surface area contributed by atoms with Gasteiger partial charge in [0.25, 0.3) is 12.3 Å². The van der Waals surface area contributed by atoms with Crippen molar-refractivity contribution in [1.82, 2.24) is 10.0 Å². The van der Waals surface area contributed by atoms with Crippen LogP contribution in [-0.4, -0.2) is 73.1 Å². The van der Waals surface area contributed by atoms with Gasteiger partial charge in [-0.1, -0.05) is 0 Å². The Hall–Kier alpha value is -3.67. The lowest BCUT2D eigenvalue weighted by atomic mass is 10.1. The summed E-state index contributed by atoms with van der Waals surface area (Å²) in [5, 5.41) is 1.24. The van der Waals surface area contributed by atoms with E-state index >= 15 is 4.39 Å². The van der Waals surface area contributed by atoms with Gasteiger partial charge < -0.3 is 9.64 Å². The molecule has 12 heteroatoms. The third-order valence-electron chi connectivity index (χ3n) is 5.75. The Morgan fingerprint density at radius 1 is 1.11 bits per heavy atom. The van der Waals surface area contributed by atoms with Crippen LogP contribution < -0.4 is 9.80 Å². The summed E-state index contributed by atoms with van der Waals surface area (Å²) in [5.74, 6) is -2.11. The summed E-state index contributed by atoms with van der Waals surface area (Å²) in [5.41, 5.74) is 0.958. The molecular formula is C23H23F3N4O5. The van der Waals surface area contributed by atoms with Crippen molar-refractivity contribution in [1.29, 1.82) is 0 Å². The molecule has 2 saturated heterocycles. The molecule has 0 unspecified atom stereocenters. The summed E-state index contributed by atoms with van der Waals surface area (Å²) in [6.45, 7) is 1.05. The number of benzene rings is 1. The number of carbonyl (C=O) groups is 3. The van der Waals surface area contributed by atoms with E-state index in [0.717, 1.165) is 0 Å². The van der Waals surface area contributed by atoms with Gasteiger partial charge in [0.05, 0.1) is 31.1 Å². The molecule has 1 aromatic heterocycles. The Morgan fingerprint density at radius 3 is 2.60 bits per heavy atom. The van der Waals surface area contributed by atoms with E-state index in [1.165, 1.54) is 34.5 Å². The van der Waals surface area contributed by atoms with Crippen molar-refractivity contribution >= 4 is 29.2 Å². The second-order valence-corrected chi connectivity index (χ2v) is 8.02. The number of hydroxylamine groups is 2. The zero-order chi connectivity index (χ0) is 24.9. The second kappa shape index (κ2) is 10.7. The molecule has 0 spiro atoms. The van der Waals surface area contributed by atoms with E-state index in [0.29, 0.717) is 18.7 Å². The zero-order valence-electron chi connectivity index (χ0n) is 18.6. The number of amides is 2. The number of hydrogen-bond donors (Lipinski definition) is 0. The van der Waals surface area contributed by atoms with Crippen LogP contribution in [0.4, 0.5) is 29.3 Å². The Balaban J connectivity index is 1.38. The number of ketones is 1. The van der Waals surface area contributed by atoms with Gasteiger partial charge >= 0.3 is 6.09 Å². The number of halogens is 3. The third kappa shape index (κ3) is 5.70. The molecule has 35 heavy (non-hydrogen) atoms. The van der Waals surface area contributed by atoms with E-state index in [9.17, 15) is 23.2 Å². The number of Topliss-reactive ketones (excluding diaryl/α,β-unsaturated/α-hetero) is 1. The number of carbonyl (C=O) groups excluding carboxylic acids is 3. The highest BCUT2D eigenvalue weighted by atomic mass is 19.3. The van der Waals surface area contributed by atoms with Gasteiger partial charge in [0.1, 0.15) is 11.9 Å². The molecule has 9 nitrogen and oxygen atoms in total. The van der Waals surface area contributed by atoms with Gasteiger partial charge in [0, 0.05) is 37.5 Å². The first-order valence-corrected chi connectivity index (χ1v) is 11.0. The number of aromatic nitrogens is 1. The molecule has 2 aliphatic heterocycles. The van der Waals surface area contributed by atoms with E-state index < -0.39 is 36.6 Å². The summed E-state index contributed by atoms with van der Waals surface area (Å²) >= 11 is 0. The highest BCUT2D eigenvalue weighted by molar-refractivity contribution is 5.93. The minimum atomic E-state index is -3.06. The second-order valence-electron chi connectivity index (χ2n) is 8.02. The Labute approximate surface area is 199 Å². The zero-order valence-corrected chi connectivity index (χ0v) is 18.6. The lowest BCUT2D eigenvalue weighted by Gasteiger charge is -2.24. The minimum absolute atomic E-state index is 0.0256. The summed E-state index contributed by atoms with van der Waals surface area (Å²) in [7, 11) is 0. The van der Waals surface area contributed by atoms with Crippen LogP contribution in [0.3, 0.4) is 0 Å². The number of hydrogen-bond acceptors (Lipinski definition) is 7. The SMILES string of the molecule is O=C(CC[C@H]1CN(c2ccc(N3CCON(C(=O)c4ccncc4)CC3)c(F)c2)C(=O)O1)C(F)F. The van der Waals surface area contributed by atoms with Crippen LogP contribution in [0.25, 0.3) is 0 Å². The highest BCUT2D eigenvalue weighted by Gasteiger charge is 2.34. The van der Waals surface area contributed by atoms with Crippen molar-refractivity contribution in [2.75, 3.05) is 42.6 Å². The maximum Gasteiger partial charge on any atom is 0.414 e. The van der Waals surface area contributed by atoms with E-state index in [4.69, 9.17) is 9.57 Å². The van der Waals surface area contributed by atoms with Crippen molar-refractivity contribution in [3.8, 4) is 0 Å². The van der Waals surface area contributed by atoms with E-state index in [2.05, 4.69) is 4.98 Å². The van der Waals surface area contributed by atoms with Gasteiger partial charge in [-0.25, -0.2) is 23.0 Å². The molecular weight excluding hydrogens is 469 g/mol. The van der Waals surface area contributed by atoms with Crippen LogP contribution in [0.5, 0.6) is 0 Å². The van der Waals surface area contributed by atoms with Gasteiger partial charge in [-0.3, -0.25) is 24.3 Å². The van der Waals surface area contributed by atoms with E-state index in [-0.39, 0.29) is 43.4 Å². The van der Waals surface area contributed by atoms with Crippen molar-refractivity contribution in [2.24, 2.45) is 0 Å². The van der Waals surface area contributed by atoms with Crippen molar-refractivity contribution in [3.05, 3.63) is 54.1 Å². The molecule has 2 amide bonds. The summed E-state index contributed by atoms with van der Waals surface area (Å²) < 4.78 is 44.9. The topological polar surface area (TPSA) is 92.3 Å². The van der Waals surface area contributed by atoms with Crippen molar-refractivity contribution in [3.63, 3.8) is 0 Å². The summed E-state index contributed by atoms with van der Waals surface area (Å²) in [6.07, 6.45) is -1.96. The molecule has 1 aromatic carbocycles. The van der Waals surface area contributed by atoms with Crippen LogP contribution in [0.1, 0.15) is 23.2 Å². The lowest BCUT2D eigenvalue weighted by molar-refractivity contribution is -0.129. The molecule has 0 radical (unpaired) electrons. The van der Waals surface area contributed by atoms with Crippen LogP contribution in [0.2, 0.25) is 0 Å². The number of alkyl halides is 2. The summed E-state index contributed by atoms with van der Waals surface area (Å²) in [6, 6.07) is 7.42. The van der Waals surface area contributed by atoms with E-state index in [1.54, 1.807) is 23.1 Å². The maximum atomic E-state index is 15.0. The number of nitrogens with zero attached hydrogens (tertiary/aromatic N) is 4. The van der Waals surface area contributed by atoms with Crippen LogP contribution >= 0.6 is 0 Å². The Morgan fingerprint density at radius 2 is 1.89 bits per heavy atom. The molecule has 2 aliphatic rings. The lowest BCUT2D eigenvalue weighted by Crippen LogP contribution is -2.34. The number of rotatable bonds is 7. The van der Waals surface area contributed by atoms with Gasteiger partial charge in [-0.15, -0.1) is 0 Å². The van der Waals surface area contributed by atoms with Crippen LogP contribution in [-0.2, 0) is 14.4 Å². The minimum Gasteiger partial charge on any atom is -0.444 e. The predicted octanol–water partition coefficient (Wildman–Crippen LogP) is 3.05. The summed E-state index contributed by atoms with van der Waals surface area (Å²) in [4.78, 5) is 48.3. The van der Waals surface area contributed by atoms with E-state index in [1.807, 2.05) is 0 Å². The number of cyclic esters (lactones) is 1. The number of anilines is 2. The Kier molecular flexibility index (Phi) is 7.49. The molecule has 1 atom stereocenters. The fourth-order valence-corrected chi connectivity index (χ4v) is 3.90. The van der Waals surface area contributed by atoms with Crippen LogP contribution in [0.15, 0.2) is 42.7 Å². The molecule has 2 aromatic rings. The molecule has 2 fully saturated rings. The van der Waals surface area contributed by atoms with Crippen molar-refractivity contribution in [2.45, 2.75) is 25.4 Å². The Bertz CT molecular complexity index is 1090. The van der Waals surface area contributed by atoms with Gasteiger partial charge in [0.2, 0.25) is 0 Å². The molecule has 0 aliphatic carbocycles. The van der Waals surface area contributed by atoms with Gasteiger partial charge in [-0.2, -0.15) is 0 Å². The molecule has 0 saturated carbocycles. The monoisotopic (exact) mass is 492 g/mol. The smallest absolute Gasteiger partial charge is 0.414 e. The molecule has 3 heterocycles. The molecule has 0 bridgehead atoms. The fraction of sp³-hybridized carbons (Fsp3) is 0.391. The average Bonchev–Trinajstić information content (AvgIpc) is 3.06. The fourth-order valence-electron chi connectivity index (χ4n) is 3.90. The van der Waals surface area contributed by atoms with Gasteiger partial charge in [0.15, 0.2) is 5.78 Å². The largest absolute Gasteiger partial charge is 0.444 e. The van der Waals surface area contributed by atoms with Gasteiger partial charge in [-0.05, 0) is 36.8 Å². The number of ether oxygens (including phenoxy) is 1. The third-order valence-corrected chi connectivity index (χ3v) is 5.75. The predicted molar refractivity (Wildman–Crippen MR) is 118 cm³/mol. The van der Waals surface area contributed by atoms with Crippen molar-refractivity contribution < 1.29 is 37.1 Å². The molecule has 0 N–H and O–H groups in total. The molecule has 186 valence electrons. The molecule has 4 rings (SSSR count).